The first-order valence-corrected chi connectivity index (χ1v) is 9.00. The molecule has 0 atom stereocenters. The quantitative estimate of drug-likeness (QED) is 0.735. The van der Waals surface area contributed by atoms with Crippen LogP contribution in [0.25, 0.3) is 10.9 Å². The molecule has 1 aromatic heterocycles. The molecule has 4 heteroatoms. The normalized spacial score (nSPS) is 16.3. The molecule has 3 aromatic rings. The van der Waals surface area contributed by atoms with Crippen molar-refractivity contribution in [3.63, 3.8) is 0 Å². The van der Waals surface area contributed by atoms with Gasteiger partial charge in [-0.25, -0.2) is 4.98 Å². The zero-order valence-electron chi connectivity index (χ0n) is 14.3. The van der Waals surface area contributed by atoms with Gasteiger partial charge in [0.25, 0.3) is 5.56 Å². The van der Waals surface area contributed by atoms with Gasteiger partial charge in [0.2, 0.25) is 0 Å². The summed E-state index contributed by atoms with van der Waals surface area (Å²) in [5, 5.41) is 0.698. The van der Waals surface area contributed by atoms with Gasteiger partial charge in [-0.3, -0.25) is 14.3 Å². The first-order valence-electron chi connectivity index (χ1n) is 9.00. The summed E-state index contributed by atoms with van der Waals surface area (Å²) in [5.74, 6) is 0.741. The fourth-order valence-electron chi connectivity index (χ4n) is 3.70. The van der Waals surface area contributed by atoms with Gasteiger partial charge in [0.15, 0.2) is 0 Å². The monoisotopic (exact) mass is 333 g/mol. The Balaban J connectivity index is 1.39. The highest BCUT2D eigenvalue weighted by molar-refractivity contribution is 5.76. The first-order chi connectivity index (χ1) is 12.3. The topological polar surface area (TPSA) is 38.1 Å². The molecule has 25 heavy (non-hydrogen) atoms. The van der Waals surface area contributed by atoms with Crippen LogP contribution < -0.4 is 5.56 Å². The lowest BCUT2D eigenvalue weighted by atomic mass is 9.90. The van der Waals surface area contributed by atoms with E-state index in [0.29, 0.717) is 12.1 Å². The second-order valence-corrected chi connectivity index (χ2v) is 6.93. The van der Waals surface area contributed by atoms with Crippen molar-refractivity contribution >= 4 is 10.9 Å². The maximum atomic E-state index is 12.6. The Morgan fingerprint density at radius 3 is 2.48 bits per heavy atom. The van der Waals surface area contributed by atoms with E-state index in [0.717, 1.165) is 30.9 Å². The van der Waals surface area contributed by atoms with Crippen molar-refractivity contribution in [2.75, 3.05) is 13.1 Å². The van der Waals surface area contributed by atoms with Crippen molar-refractivity contribution in [3.05, 3.63) is 76.8 Å². The Kier molecular flexibility index (Phi) is 4.61. The molecular weight excluding hydrogens is 310 g/mol. The largest absolute Gasteiger partial charge is 0.286 e. The maximum Gasteiger partial charge on any atom is 0.262 e. The van der Waals surface area contributed by atoms with E-state index in [1.165, 1.54) is 18.4 Å². The van der Waals surface area contributed by atoms with Crippen LogP contribution in [0.5, 0.6) is 0 Å². The molecule has 0 unspecified atom stereocenters. The minimum atomic E-state index is 0.0528. The second-order valence-electron chi connectivity index (χ2n) is 6.93. The summed E-state index contributed by atoms with van der Waals surface area (Å²) in [4.78, 5) is 19.4. The van der Waals surface area contributed by atoms with Crippen molar-refractivity contribution < 1.29 is 0 Å². The molecule has 4 rings (SSSR count). The van der Waals surface area contributed by atoms with Crippen LogP contribution in [0.2, 0.25) is 0 Å². The lowest BCUT2D eigenvalue weighted by Gasteiger charge is -2.32. The van der Waals surface area contributed by atoms with E-state index < -0.39 is 0 Å². The second kappa shape index (κ2) is 7.19. The van der Waals surface area contributed by atoms with E-state index in [4.69, 9.17) is 0 Å². The minimum absolute atomic E-state index is 0.0528. The molecule has 1 aliphatic rings. The number of rotatable bonds is 4. The van der Waals surface area contributed by atoms with Crippen molar-refractivity contribution in [3.8, 4) is 0 Å². The third kappa shape index (κ3) is 3.64. The van der Waals surface area contributed by atoms with Crippen LogP contribution in [0.1, 0.15) is 18.4 Å². The number of hydrogen-bond acceptors (Lipinski definition) is 3. The SMILES string of the molecule is O=c1c2ccccc2ncn1CN1CCC(Cc2ccccc2)CC1. The van der Waals surface area contributed by atoms with Gasteiger partial charge in [-0.05, 0) is 42.9 Å². The molecule has 0 spiro atoms. The third-order valence-corrected chi connectivity index (χ3v) is 5.16. The predicted molar refractivity (Wildman–Crippen MR) is 100 cm³/mol. The van der Waals surface area contributed by atoms with Crippen LogP contribution in [0.4, 0.5) is 0 Å². The van der Waals surface area contributed by atoms with Gasteiger partial charge in [-0.1, -0.05) is 42.5 Å². The van der Waals surface area contributed by atoms with Crippen LogP contribution in [0.15, 0.2) is 65.7 Å². The number of aromatic nitrogens is 2. The molecule has 0 radical (unpaired) electrons. The summed E-state index contributed by atoms with van der Waals surface area (Å²) < 4.78 is 1.74. The van der Waals surface area contributed by atoms with E-state index in [2.05, 4.69) is 40.2 Å². The number of hydrogen-bond donors (Lipinski definition) is 0. The Morgan fingerprint density at radius 1 is 0.960 bits per heavy atom. The molecule has 1 saturated heterocycles. The summed E-state index contributed by atoms with van der Waals surface area (Å²) in [5.41, 5.74) is 2.25. The lowest BCUT2D eigenvalue weighted by molar-refractivity contribution is 0.145. The smallest absolute Gasteiger partial charge is 0.262 e. The zero-order chi connectivity index (χ0) is 17.1. The van der Waals surface area contributed by atoms with Crippen LogP contribution in [0.3, 0.4) is 0 Å². The molecule has 1 aliphatic heterocycles. The average molecular weight is 333 g/mol. The molecule has 0 aliphatic carbocycles. The lowest BCUT2D eigenvalue weighted by Crippen LogP contribution is -2.38. The summed E-state index contributed by atoms with van der Waals surface area (Å²) in [6.45, 7) is 2.71. The molecule has 128 valence electrons. The number of nitrogens with zero attached hydrogens (tertiary/aromatic N) is 3. The number of likely N-dealkylation sites (tertiary alicyclic amines) is 1. The predicted octanol–water partition coefficient (Wildman–Crippen LogP) is 3.31. The molecule has 1 fully saturated rings. The summed E-state index contributed by atoms with van der Waals surface area (Å²) in [7, 11) is 0. The third-order valence-electron chi connectivity index (χ3n) is 5.16. The van der Waals surface area contributed by atoms with Crippen molar-refractivity contribution in [2.24, 2.45) is 5.92 Å². The Labute approximate surface area is 147 Å². The number of benzene rings is 2. The first kappa shape index (κ1) is 16.0. The van der Waals surface area contributed by atoms with Gasteiger partial charge in [0, 0.05) is 13.1 Å². The van der Waals surface area contributed by atoms with Crippen molar-refractivity contribution in [1.29, 1.82) is 0 Å². The van der Waals surface area contributed by atoms with E-state index in [9.17, 15) is 4.79 Å². The molecule has 0 amide bonds. The van der Waals surface area contributed by atoms with Crippen LogP contribution in [-0.4, -0.2) is 27.5 Å². The summed E-state index contributed by atoms with van der Waals surface area (Å²) in [6, 6.07) is 18.3. The number of para-hydroxylation sites is 1. The Bertz CT molecular complexity index is 896. The van der Waals surface area contributed by atoms with E-state index in [1.807, 2.05) is 24.3 Å². The van der Waals surface area contributed by atoms with Gasteiger partial charge in [-0.2, -0.15) is 0 Å². The van der Waals surface area contributed by atoms with Crippen LogP contribution >= 0.6 is 0 Å². The molecule has 4 nitrogen and oxygen atoms in total. The molecule has 0 N–H and O–H groups in total. The standard InChI is InChI=1S/C21H23N3O/c25-21-19-8-4-5-9-20(19)22-15-24(21)16-23-12-10-18(11-13-23)14-17-6-2-1-3-7-17/h1-9,15,18H,10-14,16H2. The van der Waals surface area contributed by atoms with Gasteiger partial charge < -0.3 is 0 Å². The summed E-state index contributed by atoms with van der Waals surface area (Å²) >= 11 is 0. The molecule has 0 bridgehead atoms. The minimum Gasteiger partial charge on any atom is -0.286 e. The van der Waals surface area contributed by atoms with Gasteiger partial charge in [-0.15, -0.1) is 0 Å². The maximum absolute atomic E-state index is 12.6. The van der Waals surface area contributed by atoms with E-state index >= 15 is 0 Å². The van der Waals surface area contributed by atoms with Gasteiger partial charge in [0.05, 0.1) is 23.9 Å². The summed E-state index contributed by atoms with van der Waals surface area (Å²) in [6.07, 6.45) is 5.21. The van der Waals surface area contributed by atoms with Crippen LogP contribution in [-0.2, 0) is 13.1 Å². The van der Waals surface area contributed by atoms with Gasteiger partial charge >= 0.3 is 0 Å². The molecule has 0 saturated carbocycles. The van der Waals surface area contributed by atoms with Crippen LogP contribution in [0, 0.1) is 5.92 Å². The average Bonchev–Trinajstić information content (AvgIpc) is 2.67. The highest BCUT2D eigenvalue weighted by Gasteiger charge is 2.20. The fraction of sp³-hybridized carbons (Fsp3) is 0.333. The number of piperidine rings is 1. The van der Waals surface area contributed by atoms with E-state index in [-0.39, 0.29) is 5.56 Å². The highest BCUT2D eigenvalue weighted by atomic mass is 16.1. The highest BCUT2D eigenvalue weighted by Crippen LogP contribution is 2.21. The molecular formula is C21H23N3O. The Morgan fingerprint density at radius 2 is 1.68 bits per heavy atom. The van der Waals surface area contributed by atoms with Gasteiger partial charge in [0.1, 0.15) is 0 Å². The van der Waals surface area contributed by atoms with Crippen molar-refractivity contribution in [1.82, 2.24) is 14.5 Å². The molecule has 2 heterocycles. The zero-order valence-corrected chi connectivity index (χ0v) is 14.3. The molecule has 2 aromatic carbocycles. The number of fused-ring (bicyclic) bond motifs is 1. The fourth-order valence-corrected chi connectivity index (χ4v) is 3.70. The Hall–Kier alpha value is -2.46. The van der Waals surface area contributed by atoms with Crippen molar-refractivity contribution in [2.45, 2.75) is 25.9 Å². The van der Waals surface area contributed by atoms with E-state index in [1.54, 1.807) is 10.9 Å².